The highest BCUT2D eigenvalue weighted by Gasteiger charge is 2.25. The molecule has 1 atom stereocenters. The van der Waals surface area contributed by atoms with Crippen molar-refractivity contribution in [2.45, 2.75) is 18.9 Å². The number of nitrogens with one attached hydrogen (secondary N) is 2. The molecular formula is C34H31F2N5O5. The first-order valence-electron chi connectivity index (χ1n) is 14.6. The molecule has 2 heterocycles. The number of aliphatic carboxylic acids is 1. The van der Waals surface area contributed by atoms with Gasteiger partial charge < -0.3 is 25.5 Å². The molecule has 1 aromatic heterocycles. The summed E-state index contributed by atoms with van der Waals surface area (Å²) in [6.45, 7) is 1.86. The predicted octanol–water partition coefficient (Wildman–Crippen LogP) is 4.91. The van der Waals surface area contributed by atoms with E-state index in [0.717, 1.165) is 6.07 Å². The Morgan fingerprint density at radius 1 is 0.804 bits per heavy atom. The summed E-state index contributed by atoms with van der Waals surface area (Å²) in [5.41, 5.74) is 1.93. The standard InChI is InChI=1S/C34H31F2N5O5/c35-26-10-7-22(8-11-26)28(20-31(42)43)38-33(45)24-9-12-30(29(19-24)39-32(44)23-4-1-6-27(36)18-23)40-14-3-15-41(17-16-40)34(46)25-5-2-13-37-21-25/h1-2,4-13,18-19,21,28H,3,14-17,20H2,(H,38,45)(H,39,44)(H,42,43). The van der Waals surface area contributed by atoms with Crippen molar-refractivity contribution in [1.82, 2.24) is 15.2 Å². The van der Waals surface area contributed by atoms with Crippen molar-refractivity contribution >= 4 is 35.1 Å². The molecular weight excluding hydrogens is 596 g/mol. The minimum Gasteiger partial charge on any atom is -0.481 e. The van der Waals surface area contributed by atoms with Crippen LogP contribution in [0.5, 0.6) is 0 Å². The summed E-state index contributed by atoms with van der Waals surface area (Å²) >= 11 is 0. The van der Waals surface area contributed by atoms with Crippen LogP contribution in [-0.2, 0) is 4.79 Å². The number of carbonyl (C=O) groups excluding carboxylic acids is 3. The Balaban J connectivity index is 1.41. The van der Waals surface area contributed by atoms with E-state index in [-0.39, 0.29) is 22.7 Å². The zero-order valence-corrected chi connectivity index (χ0v) is 24.7. The molecule has 4 aromatic rings. The smallest absolute Gasteiger partial charge is 0.305 e. The first-order valence-corrected chi connectivity index (χ1v) is 14.6. The number of pyridine rings is 1. The van der Waals surface area contributed by atoms with Crippen molar-refractivity contribution in [3.8, 4) is 0 Å². The van der Waals surface area contributed by atoms with Crippen LogP contribution in [0.4, 0.5) is 20.2 Å². The van der Waals surface area contributed by atoms with Crippen LogP contribution in [0.1, 0.15) is 55.5 Å². The van der Waals surface area contributed by atoms with Crippen molar-refractivity contribution < 1.29 is 33.1 Å². The number of hydrogen-bond donors (Lipinski definition) is 3. The maximum atomic E-state index is 13.9. The van der Waals surface area contributed by atoms with Gasteiger partial charge in [-0.1, -0.05) is 18.2 Å². The van der Waals surface area contributed by atoms with Crippen LogP contribution < -0.4 is 15.5 Å². The lowest BCUT2D eigenvalue weighted by atomic mass is 10.0. The first-order chi connectivity index (χ1) is 22.2. The Morgan fingerprint density at radius 3 is 2.28 bits per heavy atom. The van der Waals surface area contributed by atoms with E-state index in [1.165, 1.54) is 54.7 Å². The fourth-order valence-corrected chi connectivity index (χ4v) is 5.27. The van der Waals surface area contributed by atoms with E-state index >= 15 is 0 Å². The van der Waals surface area contributed by atoms with Gasteiger partial charge in [0.1, 0.15) is 11.6 Å². The number of carboxylic acids is 1. The van der Waals surface area contributed by atoms with E-state index in [1.54, 1.807) is 35.4 Å². The van der Waals surface area contributed by atoms with E-state index in [2.05, 4.69) is 15.6 Å². The van der Waals surface area contributed by atoms with Crippen molar-refractivity contribution in [2.75, 3.05) is 36.4 Å². The zero-order chi connectivity index (χ0) is 32.6. The highest BCUT2D eigenvalue weighted by molar-refractivity contribution is 6.07. The van der Waals surface area contributed by atoms with Crippen molar-refractivity contribution in [3.63, 3.8) is 0 Å². The Kier molecular flexibility index (Phi) is 9.96. The Labute approximate surface area is 263 Å². The second-order valence-corrected chi connectivity index (χ2v) is 10.7. The average molecular weight is 628 g/mol. The van der Waals surface area contributed by atoms with Crippen LogP contribution in [0.15, 0.2) is 91.3 Å². The molecule has 3 aromatic carbocycles. The van der Waals surface area contributed by atoms with Gasteiger partial charge in [-0.15, -0.1) is 0 Å². The molecule has 3 amide bonds. The van der Waals surface area contributed by atoms with Crippen molar-refractivity contribution in [2.24, 2.45) is 0 Å². The molecule has 1 saturated heterocycles. The van der Waals surface area contributed by atoms with Crippen LogP contribution >= 0.6 is 0 Å². The number of benzene rings is 3. The number of amides is 3. The number of hydrogen-bond acceptors (Lipinski definition) is 6. The number of carboxylic acid groups (broad SMARTS) is 1. The third-order valence-corrected chi connectivity index (χ3v) is 7.58. The second kappa shape index (κ2) is 14.4. The van der Waals surface area contributed by atoms with Crippen LogP contribution in [0.2, 0.25) is 0 Å². The Hall–Kier alpha value is -5.65. The van der Waals surface area contributed by atoms with E-state index < -0.39 is 41.9 Å². The van der Waals surface area contributed by atoms with Crippen molar-refractivity contribution in [3.05, 3.63) is 125 Å². The summed E-state index contributed by atoms with van der Waals surface area (Å²) in [4.78, 5) is 59.0. The lowest BCUT2D eigenvalue weighted by Crippen LogP contribution is -2.35. The van der Waals surface area contributed by atoms with Gasteiger partial charge in [-0.25, -0.2) is 8.78 Å². The van der Waals surface area contributed by atoms with Gasteiger partial charge >= 0.3 is 5.97 Å². The normalized spacial score (nSPS) is 13.8. The number of aromatic nitrogens is 1. The molecule has 1 aliphatic heterocycles. The molecule has 236 valence electrons. The van der Waals surface area contributed by atoms with Crippen LogP contribution in [0.3, 0.4) is 0 Å². The molecule has 1 fully saturated rings. The van der Waals surface area contributed by atoms with Gasteiger partial charge in [-0.2, -0.15) is 0 Å². The summed E-state index contributed by atoms with van der Waals surface area (Å²) < 4.78 is 27.4. The Bertz CT molecular complexity index is 1740. The van der Waals surface area contributed by atoms with E-state index in [9.17, 15) is 33.1 Å². The second-order valence-electron chi connectivity index (χ2n) is 10.7. The summed E-state index contributed by atoms with van der Waals surface area (Å²) in [6.07, 6.45) is 3.30. The summed E-state index contributed by atoms with van der Waals surface area (Å²) in [7, 11) is 0. The molecule has 46 heavy (non-hydrogen) atoms. The minimum absolute atomic E-state index is 0.0720. The van der Waals surface area contributed by atoms with Gasteiger partial charge in [-0.3, -0.25) is 24.2 Å². The molecule has 0 bridgehead atoms. The third kappa shape index (κ3) is 7.89. The highest BCUT2D eigenvalue weighted by Crippen LogP contribution is 2.30. The molecule has 10 nitrogen and oxygen atoms in total. The van der Waals surface area contributed by atoms with E-state index in [0.29, 0.717) is 49.4 Å². The maximum absolute atomic E-state index is 13.9. The zero-order valence-electron chi connectivity index (χ0n) is 24.7. The lowest BCUT2D eigenvalue weighted by molar-refractivity contribution is -0.137. The number of nitrogens with zero attached hydrogens (tertiary/aromatic N) is 3. The molecule has 5 rings (SSSR count). The monoisotopic (exact) mass is 627 g/mol. The topological polar surface area (TPSA) is 132 Å². The molecule has 1 unspecified atom stereocenters. The number of anilines is 2. The number of rotatable bonds is 9. The van der Waals surface area contributed by atoms with Gasteiger partial charge in [0, 0.05) is 49.7 Å². The Morgan fingerprint density at radius 2 is 1.57 bits per heavy atom. The lowest BCUT2D eigenvalue weighted by Gasteiger charge is -2.27. The fraction of sp³-hybridized carbons (Fsp3) is 0.206. The number of halogens is 2. The largest absolute Gasteiger partial charge is 0.481 e. The molecule has 0 saturated carbocycles. The van der Waals surface area contributed by atoms with Crippen LogP contribution in [-0.4, -0.2) is 64.9 Å². The molecule has 1 aliphatic rings. The average Bonchev–Trinajstić information content (AvgIpc) is 3.31. The predicted molar refractivity (Wildman–Crippen MR) is 167 cm³/mol. The molecule has 3 N–H and O–H groups in total. The van der Waals surface area contributed by atoms with E-state index in [4.69, 9.17) is 0 Å². The number of carbonyl (C=O) groups is 4. The van der Waals surface area contributed by atoms with Crippen LogP contribution in [0, 0.1) is 11.6 Å². The third-order valence-electron chi connectivity index (χ3n) is 7.58. The quantitative estimate of drug-likeness (QED) is 0.240. The van der Waals surface area contributed by atoms with Gasteiger partial charge in [0.25, 0.3) is 17.7 Å². The van der Waals surface area contributed by atoms with Crippen molar-refractivity contribution in [1.29, 1.82) is 0 Å². The molecule has 12 heteroatoms. The first kappa shape index (κ1) is 31.8. The highest BCUT2D eigenvalue weighted by atomic mass is 19.1. The maximum Gasteiger partial charge on any atom is 0.305 e. The molecule has 0 radical (unpaired) electrons. The minimum atomic E-state index is -1.16. The molecule has 0 aliphatic carbocycles. The summed E-state index contributed by atoms with van der Waals surface area (Å²) in [5, 5.41) is 14.9. The summed E-state index contributed by atoms with van der Waals surface area (Å²) in [6, 6.07) is 17.5. The van der Waals surface area contributed by atoms with Gasteiger partial charge in [0.15, 0.2) is 0 Å². The van der Waals surface area contributed by atoms with Gasteiger partial charge in [0.2, 0.25) is 0 Å². The summed E-state index contributed by atoms with van der Waals surface area (Å²) in [5.74, 6) is -3.61. The van der Waals surface area contributed by atoms with Gasteiger partial charge in [0.05, 0.1) is 29.4 Å². The van der Waals surface area contributed by atoms with Gasteiger partial charge in [-0.05, 0) is 72.6 Å². The van der Waals surface area contributed by atoms with Crippen LogP contribution in [0.25, 0.3) is 0 Å². The molecule has 0 spiro atoms. The fourth-order valence-electron chi connectivity index (χ4n) is 5.27. The SMILES string of the molecule is O=C(O)CC(NC(=O)c1ccc(N2CCCN(C(=O)c3cccnc3)CC2)c(NC(=O)c2cccc(F)c2)c1)c1ccc(F)cc1. The van der Waals surface area contributed by atoms with E-state index in [1.807, 2.05) is 4.90 Å².